The first-order valence-corrected chi connectivity index (χ1v) is 3.78. The lowest BCUT2D eigenvalue weighted by Crippen LogP contribution is -2.12. The lowest BCUT2D eigenvalue weighted by molar-refractivity contribution is 0.0539. The largest absolute Gasteiger partial charge is 0.379 e. The summed E-state index contributed by atoms with van der Waals surface area (Å²) in [6, 6.07) is 0. The van der Waals surface area contributed by atoms with Gasteiger partial charge in [-0.25, -0.2) is 0 Å². The Kier molecular flexibility index (Phi) is 16.2. The first kappa shape index (κ1) is 15.0. The third-order valence-electron chi connectivity index (χ3n) is 1.03. The molecule has 0 amide bonds. The normalized spacial score (nSPS) is 8.69. The number of rotatable bonds is 8. The van der Waals surface area contributed by atoms with Crippen molar-refractivity contribution in [3.63, 3.8) is 0 Å². The average Bonchev–Trinajstić information content (AvgIpc) is 2.10. The lowest BCUT2D eigenvalue weighted by Gasteiger charge is -2.02. The van der Waals surface area contributed by atoms with Crippen molar-refractivity contribution < 1.29 is 9.47 Å². The van der Waals surface area contributed by atoms with Crippen LogP contribution < -0.4 is 5.73 Å². The van der Waals surface area contributed by atoms with Crippen LogP contribution in [0, 0.1) is 0 Å². The number of azide groups is 1. The van der Waals surface area contributed by atoms with Gasteiger partial charge in [-0.2, -0.15) is 0 Å². The van der Waals surface area contributed by atoms with Gasteiger partial charge < -0.3 is 15.2 Å². The molecule has 0 spiro atoms. The van der Waals surface area contributed by atoms with E-state index in [9.17, 15) is 0 Å². The molecule has 2 N–H and O–H groups in total. The van der Waals surface area contributed by atoms with E-state index in [1.54, 1.807) is 0 Å². The molecule has 0 aromatic heterocycles. The van der Waals surface area contributed by atoms with Crippen molar-refractivity contribution in [2.24, 2.45) is 10.8 Å². The van der Waals surface area contributed by atoms with Gasteiger partial charge in [-0.3, -0.25) is 0 Å². The fourth-order valence-electron chi connectivity index (χ4n) is 0.555. The number of nitrogens with two attached hydrogens (primary N) is 1. The molecule has 0 aromatic carbocycles. The second kappa shape index (κ2) is 14.0. The molecule has 0 saturated carbocycles. The summed E-state index contributed by atoms with van der Waals surface area (Å²) in [5.74, 6) is 0. The highest BCUT2D eigenvalue weighted by Crippen LogP contribution is 1.79. The van der Waals surface area contributed by atoms with Crippen molar-refractivity contribution in [3.8, 4) is 0 Å². The van der Waals surface area contributed by atoms with Crippen LogP contribution in [0.3, 0.4) is 0 Å². The zero-order valence-corrected chi connectivity index (χ0v) is 8.20. The lowest BCUT2D eigenvalue weighted by atomic mass is 10.7. The summed E-state index contributed by atoms with van der Waals surface area (Å²) in [5, 5.41) is 3.30. The van der Waals surface area contributed by atoms with Crippen LogP contribution in [0.4, 0.5) is 0 Å². The Balaban J connectivity index is 0. The summed E-state index contributed by atoms with van der Waals surface area (Å²) in [6.45, 7) is 2.94. The molecule has 6 nitrogen and oxygen atoms in total. The molecule has 0 fully saturated rings. The van der Waals surface area contributed by atoms with Crippen LogP contribution in [-0.4, -0.2) is 39.5 Å². The van der Waals surface area contributed by atoms with Crippen molar-refractivity contribution in [1.29, 1.82) is 0 Å². The minimum Gasteiger partial charge on any atom is -0.379 e. The van der Waals surface area contributed by atoms with Crippen molar-refractivity contribution in [2.75, 3.05) is 39.5 Å². The van der Waals surface area contributed by atoms with E-state index < -0.39 is 0 Å². The molecule has 0 aliphatic carbocycles. The Bertz CT molecular complexity index is 141. The highest BCUT2D eigenvalue weighted by Gasteiger charge is 1.87. The molecule has 13 heavy (non-hydrogen) atoms. The van der Waals surface area contributed by atoms with E-state index in [4.69, 9.17) is 20.7 Å². The zero-order chi connectivity index (χ0) is 9.07. The summed E-state index contributed by atoms with van der Waals surface area (Å²) in [5.41, 5.74) is 13.1. The molecule has 0 heterocycles. The molecule has 7 heteroatoms. The summed E-state index contributed by atoms with van der Waals surface area (Å²) in [7, 11) is 0. The van der Waals surface area contributed by atoms with Gasteiger partial charge in [0.15, 0.2) is 0 Å². The number of halogens is 1. The Hall–Kier alpha value is -0.520. The van der Waals surface area contributed by atoms with Crippen molar-refractivity contribution in [1.82, 2.24) is 0 Å². The van der Waals surface area contributed by atoms with Gasteiger partial charge in [-0.1, -0.05) is 5.11 Å². The SMILES string of the molecule is Cl.[N-]=[N+]=NCCOCCOCCN. The smallest absolute Gasteiger partial charge is 0.0701 e. The van der Waals surface area contributed by atoms with E-state index in [0.29, 0.717) is 39.5 Å². The first-order chi connectivity index (χ1) is 5.91. The van der Waals surface area contributed by atoms with Gasteiger partial charge in [0.25, 0.3) is 0 Å². The number of hydrogen-bond acceptors (Lipinski definition) is 4. The predicted molar refractivity (Wildman–Crippen MR) is 52.0 cm³/mol. The van der Waals surface area contributed by atoms with Gasteiger partial charge in [0.05, 0.1) is 26.4 Å². The number of nitrogens with zero attached hydrogens (tertiary/aromatic N) is 3. The maximum Gasteiger partial charge on any atom is 0.0701 e. The molecule has 0 unspecified atom stereocenters. The van der Waals surface area contributed by atoms with E-state index in [2.05, 4.69) is 10.0 Å². The highest BCUT2D eigenvalue weighted by molar-refractivity contribution is 5.85. The third kappa shape index (κ3) is 14.3. The van der Waals surface area contributed by atoms with E-state index in [1.165, 1.54) is 0 Å². The Morgan fingerprint density at radius 2 is 1.77 bits per heavy atom. The molecule has 78 valence electrons. The molecule has 0 aliphatic rings. The second-order valence-corrected chi connectivity index (χ2v) is 1.97. The van der Waals surface area contributed by atoms with Gasteiger partial charge in [-0.15, -0.1) is 12.4 Å². The number of ether oxygens (including phenoxy) is 2. The van der Waals surface area contributed by atoms with Crippen LogP contribution in [0.1, 0.15) is 0 Å². The summed E-state index contributed by atoms with van der Waals surface area (Å²) >= 11 is 0. The minimum atomic E-state index is 0. The quantitative estimate of drug-likeness (QED) is 0.277. The topological polar surface area (TPSA) is 93.2 Å². The van der Waals surface area contributed by atoms with Gasteiger partial charge in [0.2, 0.25) is 0 Å². The first-order valence-electron chi connectivity index (χ1n) is 3.78. The fourth-order valence-corrected chi connectivity index (χ4v) is 0.555. The van der Waals surface area contributed by atoms with E-state index in [0.717, 1.165) is 0 Å². The van der Waals surface area contributed by atoms with Crippen LogP contribution in [0.2, 0.25) is 0 Å². The van der Waals surface area contributed by atoms with Crippen LogP contribution >= 0.6 is 12.4 Å². The van der Waals surface area contributed by atoms with Crippen molar-refractivity contribution in [3.05, 3.63) is 10.4 Å². The fraction of sp³-hybridized carbons (Fsp3) is 1.00. The Morgan fingerprint density at radius 1 is 1.15 bits per heavy atom. The van der Waals surface area contributed by atoms with E-state index in [1.807, 2.05) is 0 Å². The molecule has 0 radical (unpaired) electrons. The summed E-state index contributed by atoms with van der Waals surface area (Å²) < 4.78 is 10.1. The minimum absolute atomic E-state index is 0. The van der Waals surface area contributed by atoms with E-state index in [-0.39, 0.29) is 12.4 Å². The maximum atomic E-state index is 7.90. The molecular weight excluding hydrogens is 196 g/mol. The van der Waals surface area contributed by atoms with Crippen LogP contribution in [0.25, 0.3) is 10.4 Å². The monoisotopic (exact) mass is 210 g/mol. The van der Waals surface area contributed by atoms with Gasteiger partial charge in [0, 0.05) is 18.0 Å². The Labute approximate surface area is 83.4 Å². The van der Waals surface area contributed by atoms with Crippen LogP contribution in [-0.2, 0) is 9.47 Å². The number of hydrogen-bond donors (Lipinski definition) is 1. The Morgan fingerprint density at radius 3 is 2.31 bits per heavy atom. The molecular formula is C6H15ClN4O2. The molecule has 0 rings (SSSR count). The highest BCUT2D eigenvalue weighted by atomic mass is 35.5. The summed E-state index contributed by atoms with van der Waals surface area (Å²) in [6.07, 6.45) is 0. The van der Waals surface area contributed by atoms with E-state index >= 15 is 0 Å². The molecule has 0 atom stereocenters. The molecule has 0 saturated heterocycles. The second-order valence-electron chi connectivity index (χ2n) is 1.97. The predicted octanol–water partition coefficient (Wildman–Crippen LogP) is 0.710. The van der Waals surface area contributed by atoms with Gasteiger partial charge >= 0.3 is 0 Å². The van der Waals surface area contributed by atoms with Crippen molar-refractivity contribution in [2.45, 2.75) is 0 Å². The van der Waals surface area contributed by atoms with Crippen molar-refractivity contribution >= 4 is 12.4 Å². The van der Waals surface area contributed by atoms with Crippen LogP contribution in [0.5, 0.6) is 0 Å². The summed E-state index contributed by atoms with van der Waals surface area (Å²) in [4.78, 5) is 2.58. The van der Waals surface area contributed by atoms with Crippen LogP contribution in [0.15, 0.2) is 5.11 Å². The van der Waals surface area contributed by atoms with Gasteiger partial charge in [0.1, 0.15) is 0 Å². The zero-order valence-electron chi connectivity index (χ0n) is 7.39. The average molecular weight is 211 g/mol. The van der Waals surface area contributed by atoms with Gasteiger partial charge in [-0.05, 0) is 5.53 Å². The molecule has 0 bridgehead atoms. The standard InChI is InChI=1S/C6H14N4O2.ClH/c7-1-3-11-5-6-12-4-2-9-10-8;/h1-7H2;1H. The maximum absolute atomic E-state index is 7.90. The molecule has 0 aromatic rings. The molecule has 0 aliphatic heterocycles. The third-order valence-corrected chi connectivity index (χ3v) is 1.03.